The highest BCUT2D eigenvalue weighted by Crippen LogP contribution is 2.19. The molecule has 0 heterocycles. The summed E-state index contributed by atoms with van der Waals surface area (Å²) in [6, 6.07) is 8.36. The molecule has 2 N–H and O–H groups in total. The number of aryl methyl sites for hydroxylation is 3. The Balaban J connectivity index is 2.05. The van der Waals surface area contributed by atoms with Gasteiger partial charge in [-0.15, -0.1) is 0 Å². The maximum Gasteiger partial charge on any atom is 0.191 e. The first-order chi connectivity index (χ1) is 10.9. The molecule has 0 aromatic heterocycles. The molecule has 2 rings (SSSR count). The summed E-state index contributed by atoms with van der Waals surface area (Å²) in [5, 5.41) is 7.05. The van der Waals surface area contributed by atoms with Gasteiger partial charge in [-0.05, 0) is 61.8 Å². The SMILES string of the molecule is Cc1cc(F)c(/C=N/NC(=S)Nc2c(C)cccc2C)c(F)c1. The minimum Gasteiger partial charge on any atom is -0.331 e. The lowest BCUT2D eigenvalue weighted by Crippen LogP contribution is -2.24. The van der Waals surface area contributed by atoms with Gasteiger partial charge in [-0.1, -0.05) is 18.2 Å². The molecule has 120 valence electrons. The summed E-state index contributed by atoms with van der Waals surface area (Å²) >= 11 is 5.13. The Hall–Kier alpha value is -2.34. The third-order valence-electron chi connectivity index (χ3n) is 3.30. The van der Waals surface area contributed by atoms with E-state index in [0.717, 1.165) is 23.0 Å². The topological polar surface area (TPSA) is 36.4 Å². The fourth-order valence-electron chi connectivity index (χ4n) is 2.14. The van der Waals surface area contributed by atoms with Gasteiger partial charge in [-0.2, -0.15) is 5.10 Å². The molecule has 0 saturated heterocycles. The van der Waals surface area contributed by atoms with Crippen molar-refractivity contribution in [3.05, 3.63) is 64.2 Å². The van der Waals surface area contributed by atoms with Crippen molar-refractivity contribution in [3.8, 4) is 0 Å². The van der Waals surface area contributed by atoms with E-state index in [-0.39, 0.29) is 10.7 Å². The monoisotopic (exact) mass is 333 g/mol. The van der Waals surface area contributed by atoms with Gasteiger partial charge in [0.1, 0.15) is 11.6 Å². The standard InChI is InChI=1S/C17H17F2N3S/c1-10-7-14(18)13(15(19)8-10)9-20-22-17(23)21-16-11(2)5-4-6-12(16)3/h4-9H,1-3H3,(H2,21,22,23)/b20-9+. The molecule has 0 aliphatic carbocycles. The number of hydrogen-bond donors (Lipinski definition) is 2. The minimum absolute atomic E-state index is 0.210. The van der Waals surface area contributed by atoms with Crippen molar-refractivity contribution in [1.29, 1.82) is 0 Å². The molecule has 0 aliphatic heterocycles. The normalized spacial score (nSPS) is 10.8. The Bertz CT molecular complexity index is 729. The lowest BCUT2D eigenvalue weighted by molar-refractivity contribution is 0.578. The van der Waals surface area contributed by atoms with Gasteiger partial charge in [-0.3, -0.25) is 5.43 Å². The van der Waals surface area contributed by atoms with Crippen molar-refractivity contribution in [2.24, 2.45) is 5.10 Å². The van der Waals surface area contributed by atoms with Gasteiger partial charge >= 0.3 is 0 Å². The first-order valence-electron chi connectivity index (χ1n) is 7.00. The predicted molar refractivity (Wildman–Crippen MR) is 94.0 cm³/mol. The summed E-state index contributed by atoms with van der Waals surface area (Å²) in [5.41, 5.74) is 5.81. The van der Waals surface area contributed by atoms with Crippen LogP contribution in [0.4, 0.5) is 14.5 Å². The Morgan fingerprint density at radius 2 is 1.65 bits per heavy atom. The van der Waals surface area contributed by atoms with Crippen molar-refractivity contribution >= 4 is 29.2 Å². The van der Waals surface area contributed by atoms with Crippen molar-refractivity contribution in [3.63, 3.8) is 0 Å². The summed E-state index contributed by atoms with van der Waals surface area (Å²) in [6.45, 7) is 5.53. The average molecular weight is 333 g/mol. The maximum absolute atomic E-state index is 13.7. The highest BCUT2D eigenvalue weighted by Gasteiger charge is 2.08. The lowest BCUT2D eigenvalue weighted by Gasteiger charge is -2.12. The summed E-state index contributed by atoms with van der Waals surface area (Å²) in [6.07, 6.45) is 1.07. The van der Waals surface area contributed by atoms with Crippen LogP contribution in [0.2, 0.25) is 0 Å². The van der Waals surface area contributed by atoms with Crippen LogP contribution in [0.25, 0.3) is 0 Å². The molecule has 0 spiro atoms. The van der Waals surface area contributed by atoms with E-state index in [1.807, 2.05) is 32.0 Å². The Labute approximate surface area is 139 Å². The molecule has 0 fully saturated rings. The predicted octanol–water partition coefficient (Wildman–Crippen LogP) is 4.21. The van der Waals surface area contributed by atoms with Crippen LogP contribution in [0.3, 0.4) is 0 Å². The number of para-hydroxylation sites is 1. The summed E-state index contributed by atoms with van der Waals surface area (Å²) in [4.78, 5) is 0. The molecule has 3 nitrogen and oxygen atoms in total. The van der Waals surface area contributed by atoms with Crippen LogP contribution in [0.15, 0.2) is 35.4 Å². The molecule has 0 saturated carbocycles. The molecule has 2 aromatic rings. The molecule has 23 heavy (non-hydrogen) atoms. The second-order valence-electron chi connectivity index (χ2n) is 5.23. The molecular weight excluding hydrogens is 316 g/mol. The summed E-state index contributed by atoms with van der Waals surface area (Å²) < 4.78 is 27.4. The van der Waals surface area contributed by atoms with Crippen LogP contribution in [0.1, 0.15) is 22.3 Å². The second-order valence-corrected chi connectivity index (χ2v) is 5.64. The number of benzene rings is 2. The molecule has 0 atom stereocenters. The second kappa shape index (κ2) is 7.28. The van der Waals surface area contributed by atoms with E-state index in [0.29, 0.717) is 5.56 Å². The number of rotatable bonds is 3. The number of nitrogens with zero attached hydrogens (tertiary/aromatic N) is 1. The van der Waals surface area contributed by atoms with Gasteiger partial charge in [-0.25, -0.2) is 8.78 Å². The van der Waals surface area contributed by atoms with Crippen LogP contribution in [-0.4, -0.2) is 11.3 Å². The van der Waals surface area contributed by atoms with E-state index in [1.54, 1.807) is 6.92 Å². The first-order valence-corrected chi connectivity index (χ1v) is 7.41. The van der Waals surface area contributed by atoms with Gasteiger partial charge in [0, 0.05) is 5.69 Å². The van der Waals surface area contributed by atoms with E-state index in [9.17, 15) is 8.78 Å². The van der Waals surface area contributed by atoms with Gasteiger partial charge in [0.25, 0.3) is 0 Å². The zero-order valence-corrected chi connectivity index (χ0v) is 13.9. The third kappa shape index (κ3) is 4.32. The highest BCUT2D eigenvalue weighted by molar-refractivity contribution is 7.80. The zero-order chi connectivity index (χ0) is 17.0. The quantitative estimate of drug-likeness (QED) is 0.502. The summed E-state index contributed by atoms with van der Waals surface area (Å²) in [7, 11) is 0. The fourth-order valence-corrected chi connectivity index (χ4v) is 2.30. The molecule has 0 unspecified atom stereocenters. The van der Waals surface area contributed by atoms with Crippen molar-refractivity contribution in [1.82, 2.24) is 5.43 Å². The van der Waals surface area contributed by atoms with Crippen LogP contribution in [0.5, 0.6) is 0 Å². The van der Waals surface area contributed by atoms with E-state index >= 15 is 0 Å². The number of nitrogens with one attached hydrogen (secondary N) is 2. The van der Waals surface area contributed by atoms with Crippen molar-refractivity contribution in [2.45, 2.75) is 20.8 Å². The Morgan fingerprint density at radius 1 is 1.09 bits per heavy atom. The minimum atomic E-state index is -0.665. The number of hydrazone groups is 1. The van der Waals surface area contributed by atoms with Gasteiger partial charge in [0.2, 0.25) is 0 Å². The Kier molecular flexibility index (Phi) is 5.39. The van der Waals surface area contributed by atoms with E-state index < -0.39 is 11.6 Å². The number of hydrogen-bond acceptors (Lipinski definition) is 2. The van der Waals surface area contributed by atoms with Crippen molar-refractivity contribution in [2.75, 3.05) is 5.32 Å². The average Bonchev–Trinajstić information content (AvgIpc) is 2.46. The molecule has 0 amide bonds. The van der Waals surface area contributed by atoms with E-state index in [2.05, 4.69) is 15.8 Å². The van der Waals surface area contributed by atoms with E-state index in [1.165, 1.54) is 12.1 Å². The fraction of sp³-hybridized carbons (Fsp3) is 0.176. The van der Waals surface area contributed by atoms with Gasteiger partial charge in [0.05, 0.1) is 11.8 Å². The smallest absolute Gasteiger partial charge is 0.191 e. The molecular formula is C17H17F2N3S. The molecule has 2 aromatic carbocycles. The molecule has 0 aliphatic rings. The molecule has 6 heteroatoms. The van der Waals surface area contributed by atoms with Crippen LogP contribution >= 0.6 is 12.2 Å². The zero-order valence-electron chi connectivity index (χ0n) is 13.1. The van der Waals surface area contributed by atoms with Gasteiger partial charge in [0.15, 0.2) is 5.11 Å². The summed E-state index contributed by atoms with van der Waals surface area (Å²) in [5.74, 6) is -1.33. The van der Waals surface area contributed by atoms with Crippen molar-refractivity contribution < 1.29 is 8.78 Å². The number of halogens is 2. The third-order valence-corrected chi connectivity index (χ3v) is 3.50. The largest absolute Gasteiger partial charge is 0.331 e. The van der Waals surface area contributed by atoms with Crippen LogP contribution < -0.4 is 10.7 Å². The maximum atomic E-state index is 13.7. The molecule has 0 radical (unpaired) electrons. The van der Waals surface area contributed by atoms with Gasteiger partial charge < -0.3 is 5.32 Å². The van der Waals surface area contributed by atoms with E-state index in [4.69, 9.17) is 12.2 Å². The number of thiocarbonyl (C=S) groups is 1. The number of anilines is 1. The first kappa shape index (κ1) is 17.0. The van der Waals surface area contributed by atoms with Crippen LogP contribution in [-0.2, 0) is 0 Å². The Morgan fingerprint density at radius 3 is 2.22 bits per heavy atom. The lowest BCUT2D eigenvalue weighted by atomic mass is 10.1. The van der Waals surface area contributed by atoms with Crippen LogP contribution in [0, 0.1) is 32.4 Å². The highest BCUT2D eigenvalue weighted by atomic mass is 32.1. The molecule has 0 bridgehead atoms.